The molecule has 1 aliphatic rings. The molecule has 4 rings (SSSR count). The molecule has 204 valence electrons. The smallest absolute Gasteiger partial charge is 0.250 e. The van der Waals surface area contributed by atoms with E-state index in [9.17, 15) is 13.5 Å². The molecule has 1 heterocycles. The Labute approximate surface area is 229 Å². The molecule has 0 aliphatic carbocycles. The minimum atomic E-state index is -3.67. The highest BCUT2D eigenvalue weighted by molar-refractivity contribution is 7.89. The average Bonchev–Trinajstić information content (AvgIpc) is 2.88. The van der Waals surface area contributed by atoms with Crippen LogP contribution in [0.5, 0.6) is 5.75 Å². The first kappa shape index (κ1) is 28.6. The second-order valence-corrected chi connectivity index (χ2v) is 18.7. The van der Waals surface area contributed by atoms with Crippen molar-refractivity contribution in [3.05, 3.63) is 95.6 Å². The summed E-state index contributed by atoms with van der Waals surface area (Å²) in [5, 5.41) is 11.6. The van der Waals surface area contributed by atoms with E-state index in [1.807, 2.05) is 61.5 Å². The van der Waals surface area contributed by atoms with Crippen molar-refractivity contribution in [2.45, 2.75) is 69.2 Å². The molecule has 1 aliphatic heterocycles. The predicted octanol–water partition coefficient (Wildman–Crippen LogP) is 6.91. The van der Waals surface area contributed by atoms with Crippen molar-refractivity contribution in [1.82, 2.24) is 4.31 Å². The number of hydrogen-bond donors (Lipinski definition) is 1. The monoisotopic (exact) mass is 551 g/mol. The number of aliphatic hydroxyl groups excluding tert-OH is 1. The molecule has 0 saturated carbocycles. The highest BCUT2D eigenvalue weighted by atomic mass is 32.2. The van der Waals surface area contributed by atoms with Gasteiger partial charge in [0.05, 0.1) is 11.0 Å². The van der Waals surface area contributed by atoms with Crippen molar-refractivity contribution in [3.8, 4) is 5.75 Å². The van der Waals surface area contributed by atoms with Crippen LogP contribution in [0, 0.1) is 12.8 Å². The van der Waals surface area contributed by atoms with Gasteiger partial charge in [-0.05, 0) is 72.8 Å². The van der Waals surface area contributed by atoms with E-state index in [-0.39, 0.29) is 23.4 Å². The summed E-state index contributed by atoms with van der Waals surface area (Å²) in [6.07, 6.45) is -0.164. The lowest BCUT2D eigenvalue weighted by Crippen LogP contribution is -2.45. The van der Waals surface area contributed by atoms with Crippen molar-refractivity contribution >= 4 is 18.3 Å². The molecule has 3 aromatic rings. The van der Waals surface area contributed by atoms with Gasteiger partial charge >= 0.3 is 0 Å². The van der Waals surface area contributed by atoms with E-state index in [0.29, 0.717) is 17.9 Å². The molecule has 0 aromatic heterocycles. The first-order valence-corrected chi connectivity index (χ1v) is 17.7. The van der Waals surface area contributed by atoms with Crippen molar-refractivity contribution < 1.29 is 18.0 Å². The Morgan fingerprint density at radius 2 is 1.55 bits per heavy atom. The third kappa shape index (κ3) is 6.06. The number of hydrogen-bond acceptors (Lipinski definition) is 4. The summed E-state index contributed by atoms with van der Waals surface area (Å²) in [4.78, 5) is 0.293. The van der Waals surface area contributed by atoms with Crippen LogP contribution >= 0.6 is 0 Å². The van der Waals surface area contributed by atoms with Crippen molar-refractivity contribution in [2.75, 3.05) is 13.1 Å². The molecule has 3 aromatic carbocycles. The van der Waals surface area contributed by atoms with Crippen LogP contribution in [0.15, 0.2) is 83.8 Å². The van der Waals surface area contributed by atoms with Crippen LogP contribution in [0.3, 0.4) is 0 Å². The zero-order chi connectivity index (χ0) is 27.7. The van der Waals surface area contributed by atoms with Crippen LogP contribution in [-0.2, 0) is 10.0 Å². The second-order valence-electron chi connectivity index (χ2n) is 12.0. The van der Waals surface area contributed by atoms with Gasteiger partial charge in [0.15, 0.2) is 0 Å². The molecule has 1 N–H and O–H groups in total. The van der Waals surface area contributed by atoms with E-state index in [4.69, 9.17) is 4.43 Å². The second kappa shape index (κ2) is 11.0. The molecule has 5 nitrogen and oxygen atoms in total. The Morgan fingerprint density at radius 1 is 0.947 bits per heavy atom. The standard InChI is InChI=1S/C31H41NO4SSi/c1-23-12-18-27(19-13-23)37(34,35)32-21-20-28(29(22-32)30(33)25-10-8-7-9-11-25)24-14-16-26(17-15-24)36-38(5,6)31(2,3)4/h7-19,28-30,33H,20-22H2,1-6H3/t28-,29+,30+/m1/s1. The lowest BCUT2D eigenvalue weighted by molar-refractivity contribution is 0.0587. The zero-order valence-electron chi connectivity index (χ0n) is 23.4. The molecular formula is C31H41NO4SSi. The summed E-state index contributed by atoms with van der Waals surface area (Å²) in [5.74, 6) is 0.579. The van der Waals surface area contributed by atoms with E-state index >= 15 is 0 Å². The molecule has 1 fully saturated rings. The van der Waals surface area contributed by atoms with Crippen LogP contribution in [0.25, 0.3) is 0 Å². The highest BCUT2D eigenvalue weighted by Gasteiger charge is 2.41. The van der Waals surface area contributed by atoms with Crippen molar-refractivity contribution in [1.29, 1.82) is 0 Å². The third-order valence-electron chi connectivity index (χ3n) is 8.31. The first-order valence-electron chi connectivity index (χ1n) is 13.4. The highest BCUT2D eigenvalue weighted by Crippen LogP contribution is 2.43. The van der Waals surface area contributed by atoms with Crippen molar-refractivity contribution in [3.63, 3.8) is 0 Å². The number of nitrogens with zero attached hydrogens (tertiary/aromatic N) is 1. The number of sulfonamides is 1. The SMILES string of the molecule is Cc1ccc(S(=O)(=O)N2CC[C@H](c3ccc(O[Si](C)(C)C(C)(C)C)cc3)[C@@H]([C@@H](O)c3ccccc3)C2)cc1. The fourth-order valence-corrected chi connectivity index (χ4v) is 7.41. The van der Waals surface area contributed by atoms with Crippen LogP contribution in [0.1, 0.15) is 55.9 Å². The molecule has 0 unspecified atom stereocenters. The van der Waals surface area contributed by atoms with E-state index in [2.05, 4.69) is 46.0 Å². The van der Waals surface area contributed by atoms with Crippen molar-refractivity contribution in [2.24, 2.45) is 5.92 Å². The van der Waals surface area contributed by atoms with Crippen LogP contribution in [0.4, 0.5) is 0 Å². The largest absolute Gasteiger partial charge is 0.544 e. The van der Waals surface area contributed by atoms with E-state index in [1.165, 1.54) is 0 Å². The molecule has 38 heavy (non-hydrogen) atoms. The average molecular weight is 552 g/mol. The Hall–Kier alpha value is -2.45. The topological polar surface area (TPSA) is 66.8 Å². The number of rotatable bonds is 7. The number of benzene rings is 3. The zero-order valence-corrected chi connectivity index (χ0v) is 25.2. The normalized spacial score (nSPS) is 20.2. The van der Waals surface area contributed by atoms with Gasteiger partial charge < -0.3 is 9.53 Å². The first-order chi connectivity index (χ1) is 17.8. The summed E-state index contributed by atoms with van der Waals surface area (Å²) < 4.78 is 35.1. The molecular weight excluding hydrogens is 510 g/mol. The van der Waals surface area contributed by atoms with Gasteiger partial charge in [0, 0.05) is 19.0 Å². The van der Waals surface area contributed by atoms with Gasteiger partial charge in [-0.25, -0.2) is 8.42 Å². The summed E-state index contributed by atoms with van der Waals surface area (Å²) in [6, 6.07) is 24.8. The van der Waals surface area contributed by atoms with Gasteiger partial charge in [0.25, 0.3) is 0 Å². The summed E-state index contributed by atoms with van der Waals surface area (Å²) in [6.45, 7) is 13.7. The Balaban J connectivity index is 1.62. The third-order valence-corrected chi connectivity index (χ3v) is 14.6. The van der Waals surface area contributed by atoms with Gasteiger partial charge in [0.2, 0.25) is 18.3 Å². The van der Waals surface area contributed by atoms with E-state index in [1.54, 1.807) is 16.4 Å². The maximum absolute atomic E-state index is 13.5. The van der Waals surface area contributed by atoms with Gasteiger partial charge in [-0.1, -0.05) is 80.9 Å². The number of aliphatic hydroxyl groups is 1. The number of aryl methyl sites for hydroxylation is 1. The van der Waals surface area contributed by atoms with Gasteiger partial charge in [0.1, 0.15) is 5.75 Å². The van der Waals surface area contributed by atoms with E-state index < -0.39 is 24.4 Å². The lowest BCUT2D eigenvalue weighted by Gasteiger charge is -2.40. The summed E-state index contributed by atoms with van der Waals surface area (Å²) in [5.41, 5.74) is 2.91. The predicted molar refractivity (Wildman–Crippen MR) is 156 cm³/mol. The molecule has 0 radical (unpaired) electrons. The minimum Gasteiger partial charge on any atom is -0.544 e. The fraction of sp³-hybridized carbons (Fsp3) is 0.419. The molecule has 0 bridgehead atoms. The molecule has 7 heteroatoms. The summed E-state index contributed by atoms with van der Waals surface area (Å²) >= 11 is 0. The maximum Gasteiger partial charge on any atom is 0.250 e. The maximum atomic E-state index is 13.5. The molecule has 3 atom stereocenters. The summed E-state index contributed by atoms with van der Waals surface area (Å²) in [7, 11) is -5.62. The lowest BCUT2D eigenvalue weighted by atomic mass is 9.76. The fourth-order valence-electron chi connectivity index (χ4n) is 4.89. The molecule has 1 saturated heterocycles. The number of piperidine rings is 1. The Morgan fingerprint density at radius 3 is 2.13 bits per heavy atom. The molecule has 0 amide bonds. The molecule has 0 spiro atoms. The Kier molecular flexibility index (Phi) is 8.24. The van der Waals surface area contributed by atoms with Crippen LogP contribution < -0.4 is 4.43 Å². The van der Waals surface area contributed by atoms with Gasteiger partial charge in [-0.2, -0.15) is 4.31 Å². The minimum absolute atomic E-state index is 0.0107. The van der Waals surface area contributed by atoms with Gasteiger partial charge in [-0.15, -0.1) is 0 Å². The van der Waals surface area contributed by atoms with Crippen LogP contribution in [-0.4, -0.2) is 39.2 Å². The van der Waals surface area contributed by atoms with Gasteiger partial charge in [-0.3, -0.25) is 0 Å². The van der Waals surface area contributed by atoms with Crippen LogP contribution in [0.2, 0.25) is 18.1 Å². The quantitative estimate of drug-likeness (QED) is 0.324. The Bertz CT molecular complexity index is 1320. The van der Waals surface area contributed by atoms with E-state index in [0.717, 1.165) is 22.4 Å².